The van der Waals surface area contributed by atoms with E-state index in [4.69, 9.17) is 4.74 Å². The summed E-state index contributed by atoms with van der Waals surface area (Å²) in [6.45, 7) is 1.02. The summed E-state index contributed by atoms with van der Waals surface area (Å²) in [4.78, 5) is 29.0. The highest BCUT2D eigenvalue weighted by Crippen LogP contribution is 2.35. The summed E-state index contributed by atoms with van der Waals surface area (Å²) in [5.74, 6) is -0.212. The average molecular weight is 447 g/mol. The number of hydrogen-bond donors (Lipinski definition) is 0. The van der Waals surface area contributed by atoms with Gasteiger partial charge in [-0.15, -0.1) is 0 Å². The fourth-order valence-corrected chi connectivity index (χ4v) is 5.54. The lowest BCUT2D eigenvalue weighted by molar-refractivity contribution is -0.135. The van der Waals surface area contributed by atoms with Crippen molar-refractivity contribution in [2.75, 3.05) is 38.6 Å². The SMILES string of the molecule is CN(C)C(=O)[C@H]1CN(C(=O)c2cc(S(=O)(=O)N3CCCC3)cn2C)c2ccccc2O1. The minimum Gasteiger partial charge on any atom is -0.476 e. The van der Waals surface area contributed by atoms with Crippen LogP contribution in [-0.4, -0.2) is 73.8 Å². The molecule has 0 N–H and O–H groups in total. The second kappa shape index (κ2) is 8.01. The standard InChI is InChI=1S/C21H26N4O5S/c1-22(2)21(27)19-14-25(16-8-4-5-9-18(16)30-19)20(26)17-12-15(13-23(17)3)31(28,29)24-10-6-7-11-24/h4-5,8-9,12-13,19H,6-7,10-11,14H2,1-3H3/t19-/m1/s1. The molecule has 0 unspecified atom stereocenters. The van der Waals surface area contributed by atoms with Crippen molar-refractivity contribution in [2.24, 2.45) is 7.05 Å². The van der Waals surface area contributed by atoms with Gasteiger partial charge in [0.2, 0.25) is 10.0 Å². The average Bonchev–Trinajstić information content (AvgIpc) is 3.42. The van der Waals surface area contributed by atoms with Crippen molar-refractivity contribution in [1.29, 1.82) is 0 Å². The number of carbonyl (C=O) groups is 2. The fraction of sp³-hybridized carbons (Fsp3) is 0.429. The smallest absolute Gasteiger partial charge is 0.275 e. The van der Waals surface area contributed by atoms with E-state index in [0.29, 0.717) is 24.5 Å². The largest absolute Gasteiger partial charge is 0.476 e. The molecule has 2 aliphatic rings. The van der Waals surface area contributed by atoms with Crippen molar-refractivity contribution in [3.8, 4) is 5.75 Å². The zero-order valence-electron chi connectivity index (χ0n) is 17.8. The topological polar surface area (TPSA) is 92.2 Å². The van der Waals surface area contributed by atoms with E-state index in [2.05, 4.69) is 0 Å². The number of para-hydroxylation sites is 2. The molecule has 0 radical (unpaired) electrons. The Kier molecular flexibility index (Phi) is 5.52. The van der Waals surface area contributed by atoms with Crippen LogP contribution < -0.4 is 9.64 Å². The van der Waals surface area contributed by atoms with Gasteiger partial charge in [-0.2, -0.15) is 4.31 Å². The van der Waals surface area contributed by atoms with E-state index in [1.54, 1.807) is 45.4 Å². The summed E-state index contributed by atoms with van der Waals surface area (Å²) in [7, 11) is 1.26. The Labute approximate surface area is 181 Å². The van der Waals surface area contributed by atoms with Gasteiger partial charge < -0.3 is 14.2 Å². The first-order valence-corrected chi connectivity index (χ1v) is 11.6. The van der Waals surface area contributed by atoms with E-state index in [-0.39, 0.29) is 23.0 Å². The van der Waals surface area contributed by atoms with Crippen LogP contribution in [0.15, 0.2) is 41.4 Å². The van der Waals surface area contributed by atoms with E-state index in [1.165, 1.54) is 30.9 Å². The van der Waals surface area contributed by atoms with Crippen LogP contribution in [-0.2, 0) is 21.9 Å². The second-order valence-corrected chi connectivity index (χ2v) is 9.94. The molecular formula is C21H26N4O5S. The summed E-state index contributed by atoms with van der Waals surface area (Å²) >= 11 is 0. The Morgan fingerprint density at radius 3 is 2.48 bits per heavy atom. The van der Waals surface area contributed by atoms with Gasteiger partial charge in [0.05, 0.1) is 12.2 Å². The molecule has 166 valence electrons. The summed E-state index contributed by atoms with van der Waals surface area (Å²) in [5, 5.41) is 0. The van der Waals surface area contributed by atoms with Crippen LogP contribution in [0.3, 0.4) is 0 Å². The molecule has 2 aromatic rings. The number of carbonyl (C=O) groups excluding carboxylic acids is 2. The molecule has 1 atom stereocenters. The van der Waals surface area contributed by atoms with Gasteiger partial charge >= 0.3 is 0 Å². The van der Waals surface area contributed by atoms with E-state index < -0.39 is 22.0 Å². The van der Waals surface area contributed by atoms with Crippen molar-refractivity contribution in [1.82, 2.24) is 13.8 Å². The van der Waals surface area contributed by atoms with Gasteiger partial charge in [0.25, 0.3) is 11.8 Å². The predicted molar refractivity (Wildman–Crippen MR) is 115 cm³/mol. The Morgan fingerprint density at radius 1 is 1.13 bits per heavy atom. The van der Waals surface area contributed by atoms with Crippen LogP contribution in [0, 0.1) is 0 Å². The molecule has 9 nitrogen and oxygen atoms in total. The van der Waals surface area contributed by atoms with Gasteiger partial charge in [-0.05, 0) is 31.0 Å². The molecule has 0 aliphatic carbocycles. The highest BCUT2D eigenvalue weighted by molar-refractivity contribution is 7.89. The molecule has 10 heteroatoms. The number of aryl methyl sites for hydroxylation is 1. The van der Waals surface area contributed by atoms with Crippen LogP contribution >= 0.6 is 0 Å². The first kappa shape index (κ1) is 21.4. The monoisotopic (exact) mass is 446 g/mol. The normalized spacial score (nSPS) is 19.1. The number of rotatable bonds is 4. The maximum absolute atomic E-state index is 13.5. The molecular weight excluding hydrogens is 420 g/mol. The highest BCUT2D eigenvalue weighted by atomic mass is 32.2. The lowest BCUT2D eigenvalue weighted by Gasteiger charge is -2.35. The van der Waals surface area contributed by atoms with Crippen LogP contribution in [0.4, 0.5) is 5.69 Å². The third kappa shape index (κ3) is 3.81. The number of ether oxygens (including phenoxy) is 1. The van der Waals surface area contributed by atoms with E-state index in [1.807, 2.05) is 0 Å². The lowest BCUT2D eigenvalue weighted by Crippen LogP contribution is -2.50. The summed E-state index contributed by atoms with van der Waals surface area (Å²) < 4.78 is 34.7. The maximum atomic E-state index is 13.5. The van der Waals surface area contributed by atoms with Gasteiger partial charge in [0.1, 0.15) is 16.3 Å². The first-order chi connectivity index (χ1) is 14.7. The summed E-state index contributed by atoms with van der Waals surface area (Å²) in [6, 6.07) is 8.42. The van der Waals surface area contributed by atoms with Crippen molar-refractivity contribution in [2.45, 2.75) is 23.8 Å². The molecule has 31 heavy (non-hydrogen) atoms. The summed E-state index contributed by atoms with van der Waals surface area (Å²) in [5.41, 5.74) is 0.769. The maximum Gasteiger partial charge on any atom is 0.275 e. The molecule has 2 aliphatic heterocycles. The molecule has 2 amide bonds. The van der Waals surface area contributed by atoms with Crippen LogP contribution in [0.2, 0.25) is 0 Å². The Balaban J connectivity index is 1.69. The number of aromatic nitrogens is 1. The quantitative estimate of drug-likeness (QED) is 0.706. The van der Waals surface area contributed by atoms with E-state index >= 15 is 0 Å². The third-order valence-corrected chi connectivity index (χ3v) is 7.50. The number of nitrogens with zero attached hydrogens (tertiary/aromatic N) is 4. The van der Waals surface area contributed by atoms with Gasteiger partial charge in [-0.25, -0.2) is 8.42 Å². The fourth-order valence-electron chi connectivity index (χ4n) is 3.95. The molecule has 1 aromatic heterocycles. The number of fused-ring (bicyclic) bond motifs is 1. The molecule has 1 saturated heterocycles. The molecule has 1 aromatic carbocycles. The first-order valence-electron chi connectivity index (χ1n) is 10.2. The van der Waals surface area contributed by atoms with Crippen molar-refractivity contribution >= 4 is 27.5 Å². The molecule has 1 fully saturated rings. The number of anilines is 1. The second-order valence-electron chi connectivity index (χ2n) is 8.01. The Bertz CT molecular complexity index is 1120. The number of amides is 2. The van der Waals surface area contributed by atoms with Crippen LogP contribution in [0.5, 0.6) is 5.75 Å². The van der Waals surface area contributed by atoms with Crippen LogP contribution in [0.1, 0.15) is 23.3 Å². The minimum atomic E-state index is -3.64. The molecule has 3 heterocycles. The highest BCUT2D eigenvalue weighted by Gasteiger charge is 2.36. The number of sulfonamides is 1. The molecule has 4 rings (SSSR count). The van der Waals surface area contributed by atoms with Crippen LogP contribution in [0.25, 0.3) is 0 Å². The molecule has 0 spiro atoms. The van der Waals surface area contributed by atoms with E-state index in [9.17, 15) is 18.0 Å². The number of benzene rings is 1. The number of likely N-dealkylation sites (N-methyl/N-ethyl adjacent to an activating group) is 1. The molecule has 0 bridgehead atoms. The van der Waals surface area contributed by atoms with Crippen molar-refractivity contribution in [3.63, 3.8) is 0 Å². The van der Waals surface area contributed by atoms with Gasteiger partial charge in [0.15, 0.2) is 6.10 Å². The zero-order chi connectivity index (χ0) is 22.3. The van der Waals surface area contributed by atoms with Crippen molar-refractivity contribution < 1.29 is 22.7 Å². The number of hydrogen-bond acceptors (Lipinski definition) is 5. The van der Waals surface area contributed by atoms with Gasteiger partial charge in [-0.3, -0.25) is 14.5 Å². The van der Waals surface area contributed by atoms with Crippen molar-refractivity contribution in [3.05, 3.63) is 42.2 Å². The third-order valence-electron chi connectivity index (χ3n) is 5.64. The summed E-state index contributed by atoms with van der Waals surface area (Å²) in [6.07, 6.45) is 2.30. The Morgan fingerprint density at radius 2 is 1.81 bits per heavy atom. The molecule has 0 saturated carbocycles. The lowest BCUT2D eigenvalue weighted by atomic mass is 10.1. The van der Waals surface area contributed by atoms with Gasteiger partial charge in [-0.1, -0.05) is 12.1 Å². The Hall–Kier alpha value is -2.85. The van der Waals surface area contributed by atoms with E-state index in [0.717, 1.165) is 12.8 Å². The van der Waals surface area contributed by atoms with Gasteiger partial charge in [0, 0.05) is 40.4 Å². The minimum absolute atomic E-state index is 0.0340. The zero-order valence-corrected chi connectivity index (χ0v) is 18.6. The predicted octanol–water partition coefficient (Wildman–Crippen LogP) is 1.31.